The monoisotopic (exact) mass is 364 g/mol. The fourth-order valence-corrected chi connectivity index (χ4v) is 3.12. The van der Waals surface area contributed by atoms with Gasteiger partial charge in [-0.1, -0.05) is 18.2 Å². The van der Waals surface area contributed by atoms with E-state index >= 15 is 0 Å². The van der Waals surface area contributed by atoms with Crippen LogP contribution in [0.25, 0.3) is 10.6 Å². The molecule has 0 saturated heterocycles. The topological polar surface area (TPSA) is 87.8 Å². The number of aromatic nitrogens is 2. The molecule has 3 rings (SSSR count). The smallest absolute Gasteiger partial charge is 0.267 e. The number of benzene rings is 1. The van der Waals surface area contributed by atoms with Crippen LogP contribution in [0.15, 0.2) is 58.7 Å². The van der Waals surface area contributed by atoms with Crippen LogP contribution in [0.2, 0.25) is 0 Å². The van der Waals surface area contributed by atoms with Crippen LogP contribution in [0, 0.1) is 11.3 Å². The number of hydrogen-bond acceptors (Lipinski definition) is 5. The summed E-state index contributed by atoms with van der Waals surface area (Å²) in [5.41, 5.74) is -0.246. The lowest BCUT2D eigenvalue weighted by molar-refractivity contribution is -0.123. The molecule has 3 aromatic rings. The number of carbonyl (C=O) groups is 1. The molecule has 7 heteroatoms. The number of thiophene rings is 1. The predicted octanol–water partition coefficient (Wildman–Crippen LogP) is 3.22. The highest BCUT2D eigenvalue weighted by Crippen LogP contribution is 2.23. The van der Waals surface area contributed by atoms with Crippen molar-refractivity contribution in [3.05, 3.63) is 69.8 Å². The molecule has 130 valence electrons. The SMILES string of the molecule is CC(C)(C(=O)Nc1ccccc1C#N)n1nc(-c2cccs2)ccc1=O. The molecule has 6 nitrogen and oxygen atoms in total. The van der Waals surface area contributed by atoms with E-state index in [4.69, 9.17) is 5.26 Å². The van der Waals surface area contributed by atoms with Gasteiger partial charge in [0.1, 0.15) is 17.3 Å². The van der Waals surface area contributed by atoms with Gasteiger partial charge in [0.2, 0.25) is 0 Å². The van der Waals surface area contributed by atoms with E-state index < -0.39 is 11.4 Å². The minimum absolute atomic E-state index is 0.351. The summed E-state index contributed by atoms with van der Waals surface area (Å²) in [6, 6.07) is 15.6. The Morgan fingerprint density at radius 1 is 1.19 bits per heavy atom. The van der Waals surface area contributed by atoms with Gasteiger partial charge in [-0.3, -0.25) is 9.59 Å². The van der Waals surface area contributed by atoms with Crippen molar-refractivity contribution in [2.75, 3.05) is 5.32 Å². The van der Waals surface area contributed by atoms with E-state index in [-0.39, 0.29) is 5.56 Å². The third kappa shape index (κ3) is 3.27. The number of nitrogens with zero attached hydrogens (tertiary/aromatic N) is 3. The van der Waals surface area contributed by atoms with Gasteiger partial charge in [0.25, 0.3) is 11.5 Å². The van der Waals surface area contributed by atoms with E-state index in [1.54, 1.807) is 44.2 Å². The van der Waals surface area contributed by atoms with E-state index in [0.29, 0.717) is 16.9 Å². The number of para-hydroxylation sites is 1. The Morgan fingerprint density at radius 3 is 2.65 bits per heavy atom. The molecule has 0 unspecified atom stereocenters. The van der Waals surface area contributed by atoms with E-state index in [1.807, 2.05) is 23.6 Å². The Morgan fingerprint density at radius 2 is 1.96 bits per heavy atom. The lowest BCUT2D eigenvalue weighted by Gasteiger charge is -2.25. The first-order valence-corrected chi connectivity index (χ1v) is 8.77. The fraction of sp³-hybridized carbons (Fsp3) is 0.158. The fourth-order valence-electron chi connectivity index (χ4n) is 2.43. The molecule has 26 heavy (non-hydrogen) atoms. The van der Waals surface area contributed by atoms with Crippen molar-refractivity contribution < 1.29 is 4.79 Å². The van der Waals surface area contributed by atoms with Crippen molar-refractivity contribution in [3.8, 4) is 16.6 Å². The number of anilines is 1. The Labute approximate surface area is 154 Å². The van der Waals surface area contributed by atoms with Crippen LogP contribution >= 0.6 is 11.3 Å². The van der Waals surface area contributed by atoms with Gasteiger partial charge in [0, 0.05) is 6.07 Å². The molecule has 0 atom stereocenters. The molecule has 1 aromatic carbocycles. The van der Waals surface area contributed by atoms with Crippen molar-refractivity contribution in [1.82, 2.24) is 9.78 Å². The van der Waals surface area contributed by atoms with Crippen LogP contribution in [0.5, 0.6) is 0 Å². The summed E-state index contributed by atoms with van der Waals surface area (Å²) in [5.74, 6) is -0.432. The summed E-state index contributed by atoms with van der Waals surface area (Å²) < 4.78 is 1.17. The van der Waals surface area contributed by atoms with Gasteiger partial charge >= 0.3 is 0 Å². The molecular weight excluding hydrogens is 348 g/mol. The zero-order valence-corrected chi connectivity index (χ0v) is 15.1. The van der Waals surface area contributed by atoms with Gasteiger partial charge in [0.05, 0.1) is 16.1 Å². The van der Waals surface area contributed by atoms with Crippen LogP contribution in [0.1, 0.15) is 19.4 Å². The lowest BCUT2D eigenvalue weighted by atomic mass is 10.0. The summed E-state index contributed by atoms with van der Waals surface area (Å²) in [7, 11) is 0. The number of carbonyl (C=O) groups excluding carboxylic acids is 1. The first-order valence-electron chi connectivity index (χ1n) is 7.89. The van der Waals surface area contributed by atoms with Crippen LogP contribution in [-0.2, 0) is 10.3 Å². The van der Waals surface area contributed by atoms with E-state index in [1.165, 1.54) is 22.1 Å². The Kier molecular flexibility index (Phi) is 4.69. The average molecular weight is 364 g/mol. The summed E-state index contributed by atoms with van der Waals surface area (Å²) in [4.78, 5) is 26.1. The number of nitrogens with one attached hydrogen (secondary N) is 1. The molecule has 0 aliphatic rings. The minimum Gasteiger partial charge on any atom is -0.323 e. The maximum Gasteiger partial charge on any atom is 0.267 e. The molecule has 1 amide bonds. The molecule has 2 aromatic heterocycles. The number of nitriles is 1. The van der Waals surface area contributed by atoms with Gasteiger partial charge in [-0.25, -0.2) is 4.68 Å². The van der Waals surface area contributed by atoms with E-state index in [0.717, 1.165) is 4.88 Å². The van der Waals surface area contributed by atoms with Crippen molar-refractivity contribution >= 4 is 22.9 Å². The van der Waals surface area contributed by atoms with Gasteiger partial charge in [0.15, 0.2) is 0 Å². The molecule has 0 aliphatic carbocycles. The largest absolute Gasteiger partial charge is 0.323 e. The Hall–Kier alpha value is -3.24. The first kappa shape index (κ1) is 17.6. The maximum absolute atomic E-state index is 12.8. The van der Waals surface area contributed by atoms with Crippen LogP contribution in [-0.4, -0.2) is 15.7 Å². The zero-order chi connectivity index (χ0) is 18.7. The van der Waals surface area contributed by atoms with E-state index in [2.05, 4.69) is 10.4 Å². The van der Waals surface area contributed by atoms with Crippen molar-refractivity contribution in [1.29, 1.82) is 5.26 Å². The normalized spacial score (nSPS) is 11.0. The third-order valence-electron chi connectivity index (χ3n) is 3.95. The highest BCUT2D eigenvalue weighted by molar-refractivity contribution is 7.13. The quantitative estimate of drug-likeness (QED) is 0.770. The molecule has 1 N–H and O–H groups in total. The van der Waals surface area contributed by atoms with Gasteiger partial charge in [-0.15, -0.1) is 11.3 Å². The van der Waals surface area contributed by atoms with Crippen LogP contribution in [0.3, 0.4) is 0 Å². The number of rotatable bonds is 4. The van der Waals surface area contributed by atoms with Crippen molar-refractivity contribution in [2.45, 2.75) is 19.4 Å². The predicted molar refractivity (Wildman–Crippen MR) is 101 cm³/mol. The molecule has 0 bridgehead atoms. The highest BCUT2D eigenvalue weighted by Gasteiger charge is 2.32. The number of hydrogen-bond donors (Lipinski definition) is 1. The van der Waals surface area contributed by atoms with Gasteiger partial charge in [-0.05, 0) is 43.5 Å². The second-order valence-electron chi connectivity index (χ2n) is 6.12. The number of amides is 1. The molecule has 2 heterocycles. The summed E-state index contributed by atoms with van der Waals surface area (Å²) in [6.07, 6.45) is 0. The van der Waals surface area contributed by atoms with Crippen LogP contribution < -0.4 is 10.9 Å². The zero-order valence-electron chi connectivity index (χ0n) is 14.3. The van der Waals surface area contributed by atoms with Crippen molar-refractivity contribution in [3.63, 3.8) is 0 Å². The average Bonchev–Trinajstić information content (AvgIpc) is 3.17. The highest BCUT2D eigenvalue weighted by atomic mass is 32.1. The molecule has 0 saturated carbocycles. The second-order valence-corrected chi connectivity index (χ2v) is 7.06. The van der Waals surface area contributed by atoms with Gasteiger partial charge in [-0.2, -0.15) is 10.4 Å². The first-order chi connectivity index (χ1) is 12.4. The molecule has 0 aliphatic heterocycles. The molecule has 0 fully saturated rings. The third-order valence-corrected chi connectivity index (χ3v) is 4.85. The second kappa shape index (κ2) is 6.94. The molecule has 0 radical (unpaired) electrons. The molecule has 0 spiro atoms. The Bertz CT molecular complexity index is 1050. The summed E-state index contributed by atoms with van der Waals surface area (Å²) in [6.45, 7) is 3.23. The minimum atomic E-state index is -1.24. The van der Waals surface area contributed by atoms with Crippen LogP contribution in [0.4, 0.5) is 5.69 Å². The summed E-state index contributed by atoms with van der Waals surface area (Å²) >= 11 is 1.50. The standard InChI is InChI=1S/C19H16N4O2S/c1-19(2,18(25)21-14-7-4-3-6-13(14)12-20)23-17(24)10-9-15(22-23)16-8-5-11-26-16/h3-11H,1-2H3,(H,21,25). The van der Waals surface area contributed by atoms with Gasteiger partial charge < -0.3 is 5.32 Å². The Balaban J connectivity index is 1.97. The molecular formula is C19H16N4O2S. The maximum atomic E-state index is 12.8. The van der Waals surface area contributed by atoms with Crippen molar-refractivity contribution in [2.24, 2.45) is 0 Å². The lowest BCUT2D eigenvalue weighted by Crippen LogP contribution is -2.47. The summed E-state index contributed by atoms with van der Waals surface area (Å²) in [5, 5.41) is 18.2. The van der Waals surface area contributed by atoms with E-state index in [9.17, 15) is 9.59 Å².